The van der Waals surface area contributed by atoms with Gasteiger partial charge in [-0.2, -0.15) is 0 Å². The average Bonchev–Trinajstić information content (AvgIpc) is 2.03. The number of aliphatic hydroxyl groups excluding tert-OH is 1. The molecule has 66 valence electrons. The molecule has 0 fully saturated rings. The van der Waals surface area contributed by atoms with Crippen LogP contribution in [0, 0.1) is 5.82 Å². The lowest BCUT2D eigenvalue weighted by atomic mass is 10.4. The molecule has 12 heavy (non-hydrogen) atoms. The second-order valence-corrected chi connectivity index (χ2v) is 2.59. The molecule has 3 nitrogen and oxygen atoms in total. The van der Waals surface area contributed by atoms with Crippen molar-refractivity contribution in [3.8, 4) is 0 Å². The molecular weight excluding hydrogens is 159 g/mol. The molecule has 1 aromatic rings. The Balaban J connectivity index is 2.48. The largest absolute Gasteiger partial charge is 0.392 e. The minimum absolute atomic E-state index is 0.363. The van der Waals surface area contributed by atoms with E-state index in [1.807, 2.05) is 0 Å². The summed E-state index contributed by atoms with van der Waals surface area (Å²) in [6.07, 6.45) is 0.696. The van der Waals surface area contributed by atoms with Crippen LogP contribution in [0.4, 0.5) is 10.2 Å². The fourth-order valence-corrected chi connectivity index (χ4v) is 0.733. The molecule has 0 radical (unpaired) electrons. The highest BCUT2D eigenvalue weighted by molar-refractivity contribution is 5.33. The Labute approximate surface area is 70.3 Å². The maximum Gasteiger partial charge on any atom is 0.141 e. The molecule has 0 bridgehead atoms. The van der Waals surface area contributed by atoms with Gasteiger partial charge in [0.25, 0.3) is 0 Å². The predicted octanol–water partition coefficient (Wildman–Crippen LogP) is 1.01. The lowest BCUT2D eigenvalue weighted by molar-refractivity contribution is 0.208. The Bertz CT molecular complexity index is 235. The van der Waals surface area contributed by atoms with Crippen LogP contribution < -0.4 is 5.32 Å². The molecule has 0 aliphatic heterocycles. The fourth-order valence-electron chi connectivity index (χ4n) is 0.733. The summed E-state index contributed by atoms with van der Waals surface area (Å²) in [5, 5.41) is 11.7. The first kappa shape index (κ1) is 8.93. The summed E-state index contributed by atoms with van der Waals surface area (Å²) in [5.41, 5.74) is 0. The van der Waals surface area contributed by atoms with Crippen LogP contribution in [0.3, 0.4) is 0 Å². The molecular formula is C8H11FN2O. The zero-order chi connectivity index (χ0) is 8.97. The van der Waals surface area contributed by atoms with Gasteiger partial charge in [0, 0.05) is 6.54 Å². The van der Waals surface area contributed by atoms with Gasteiger partial charge < -0.3 is 10.4 Å². The zero-order valence-electron chi connectivity index (χ0n) is 6.79. The monoisotopic (exact) mass is 170 g/mol. The van der Waals surface area contributed by atoms with Crippen molar-refractivity contribution in [3.63, 3.8) is 0 Å². The summed E-state index contributed by atoms with van der Waals surface area (Å²) in [6.45, 7) is 2.08. The molecule has 1 atom stereocenters. The molecule has 1 rings (SSSR count). The third-order valence-electron chi connectivity index (χ3n) is 1.31. The van der Waals surface area contributed by atoms with E-state index in [1.54, 1.807) is 6.92 Å². The number of pyridine rings is 1. The van der Waals surface area contributed by atoms with Crippen LogP contribution in [-0.4, -0.2) is 22.7 Å². The molecule has 1 aromatic heterocycles. The molecule has 0 spiro atoms. The summed E-state index contributed by atoms with van der Waals surface area (Å²) >= 11 is 0. The number of hydrogen-bond acceptors (Lipinski definition) is 3. The van der Waals surface area contributed by atoms with Crippen molar-refractivity contribution in [2.45, 2.75) is 13.0 Å². The van der Waals surface area contributed by atoms with Gasteiger partial charge in [-0.15, -0.1) is 0 Å². The lowest BCUT2D eigenvalue weighted by Gasteiger charge is -2.06. The number of aliphatic hydroxyl groups is 1. The summed E-state index contributed by atoms with van der Waals surface area (Å²) in [6, 6.07) is 2.84. The molecule has 0 saturated carbocycles. The van der Waals surface area contributed by atoms with Crippen molar-refractivity contribution in [2.24, 2.45) is 0 Å². The fraction of sp³-hybridized carbons (Fsp3) is 0.375. The van der Waals surface area contributed by atoms with E-state index in [9.17, 15) is 4.39 Å². The van der Waals surface area contributed by atoms with E-state index >= 15 is 0 Å². The number of aromatic nitrogens is 1. The first-order valence-electron chi connectivity index (χ1n) is 3.72. The molecule has 0 aromatic carbocycles. The van der Waals surface area contributed by atoms with Crippen LogP contribution in [0.5, 0.6) is 0 Å². The normalized spacial score (nSPS) is 12.6. The van der Waals surface area contributed by atoms with Gasteiger partial charge in [-0.3, -0.25) is 0 Å². The Morgan fingerprint density at radius 1 is 1.67 bits per heavy atom. The molecule has 0 amide bonds. The van der Waals surface area contributed by atoms with Crippen molar-refractivity contribution in [2.75, 3.05) is 11.9 Å². The zero-order valence-corrected chi connectivity index (χ0v) is 6.79. The van der Waals surface area contributed by atoms with Crippen molar-refractivity contribution in [1.82, 2.24) is 4.98 Å². The second kappa shape index (κ2) is 4.01. The van der Waals surface area contributed by atoms with Crippen LogP contribution in [-0.2, 0) is 0 Å². The summed E-state index contributed by atoms with van der Waals surface area (Å²) < 4.78 is 12.3. The highest BCUT2D eigenvalue weighted by Gasteiger charge is 1.96. The lowest BCUT2D eigenvalue weighted by Crippen LogP contribution is -2.15. The van der Waals surface area contributed by atoms with Crippen molar-refractivity contribution < 1.29 is 9.50 Å². The van der Waals surface area contributed by atoms with Gasteiger partial charge in [-0.05, 0) is 19.1 Å². The summed E-state index contributed by atoms with van der Waals surface area (Å²) in [7, 11) is 0. The SMILES string of the molecule is CC(O)CNc1ccc(F)cn1. The third kappa shape index (κ3) is 2.84. The van der Waals surface area contributed by atoms with Crippen molar-refractivity contribution in [3.05, 3.63) is 24.1 Å². The Kier molecular flexibility index (Phi) is 2.99. The summed E-state index contributed by atoms with van der Waals surface area (Å²) in [4.78, 5) is 3.75. The van der Waals surface area contributed by atoms with Gasteiger partial charge in [0.05, 0.1) is 12.3 Å². The number of rotatable bonds is 3. The second-order valence-electron chi connectivity index (χ2n) is 2.59. The summed E-state index contributed by atoms with van der Waals surface area (Å²) in [5.74, 6) is 0.204. The number of nitrogens with one attached hydrogen (secondary N) is 1. The Morgan fingerprint density at radius 2 is 2.42 bits per heavy atom. The maximum absolute atomic E-state index is 12.3. The average molecular weight is 170 g/mol. The number of hydrogen-bond donors (Lipinski definition) is 2. The van der Waals surface area contributed by atoms with Crippen molar-refractivity contribution in [1.29, 1.82) is 0 Å². The van der Waals surface area contributed by atoms with Crippen LogP contribution >= 0.6 is 0 Å². The van der Waals surface area contributed by atoms with Crippen LogP contribution in [0.15, 0.2) is 18.3 Å². The minimum atomic E-state index is -0.433. The predicted molar refractivity (Wildman–Crippen MR) is 44.4 cm³/mol. The van der Waals surface area contributed by atoms with Gasteiger partial charge >= 0.3 is 0 Å². The van der Waals surface area contributed by atoms with Gasteiger partial charge in [-0.25, -0.2) is 9.37 Å². The van der Waals surface area contributed by atoms with Crippen molar-refractivity contribution >= 4 is 5.82 Å². The van der Waals surface area contributed by atoms with Gasteiger partial charge in [-0.1, -0.05) is 0 Å². The van der Waals surface area contributed by atoms with Crippen LogP contribution in [0.1, 0.15) is 6.92 Å². The molecule has 2 N–H and O–H groups in total. The molecule has 1 heterocycles. The quantitative estimate of drug-likeness (QED) is 0.711. The van der Waals surface area contributed by atoms with Crippen LogP contribution in [0.2, 0.25) is 0 Å². The molecule has 4 heteroatoms. The first-order valence-corrected chi connectivity index (χ1v) is 3.72. The molecule has 1 unspecified atom stereocenters. The number of halogens is 1. The Hall–Kier alpha value is -1.16. The number of nitrogens with zero attached hydrogens (tertiary/aromatic N) is 1. The van der Waals surface area contributed by atoms with Crippen LogP contribution in [0.25, 0.3) is 0 Å². The molecule has 0 saturated heterocycles. The molecule has 0 aliphatic rings. The Morgan fingerprint density at radius 3 is 2.92 bits per heavy atom. The first-order chi connectivity index (χ1) is 5.68. The highest BCUT2D eigenvalue weighted by Crippen LogP contribution is 2.02. The van der Waals surface area contributed by atoms with Gasteiger partial charge in [0.2, 0.25) is 0 Å². The standard InChI is InChI=1S/C8H11FN2O/c1-6(12)4-10-8-3-2-7(9)5-11-8/h2-3,5-6,12H,4H2,1H3,(H,10,11). The van der Waals surface area contributed by atoms with E-state index in [1.165, 1.54) is 12.1 Å². The minimum Gasteiger partial charge on any atom is -0.392 e. The van der Waals surface area contributed by atoms with E-state index in [-0.39, 0.29) is 5.82 Å². The highest BCUT2D eigenvalue weighted by atomic mass is 19.1. The van der Waals surface area contributed by atoms with E-state index < -0.39 is 6.10 Å². The topological polar surface area (TPSA) is 45.1 Å². The smallest absolute Gasteiger partial charge is 0.141 e. The molecule has 0 aliphatic carbocycles. The number of anilines is 1. The van der Waals surface area contributed by atoms with E-state index in [4.69, 9.17) is 5.11 Å². The van der Waals surface area contributed by atoms with E-state index in [0.717, 1.165) is 6.20 Å². The van der Waals surface area contributed by atoms with Gasteiger partial charge in [0.1, 0.15) is 11.6 Å². The van der Waals surface area contributed by atoms with Gasteiger partial charge in [0.15, 0.2) is 0 Å². The van der Waals surface area contributed by atoms with E-state index in [0.29, 0.717) is 12.4 Å². The third-order valence-corrected chi connectivity index (χ3v) is 1.31. The van der Waals surface area contributed by atoms with E-state index in [2.05, 4.69) is 10.3 Å². The maximum atomic E-state index is 12.3.